The van der Waals surface area contributed by atoms with E-state index < -0.39 is 6.10 Å². The van der Waals surface area contributed by atoms with Gasteiger partial charge in [0.25, 0.3) is 0 Å². The first kappa shape index (κ1) is 10.8. The first-order chi connectivity index (χ1) is 7.66. The zero-order valence-corrected chi connectivity index (χ0v) is 9.34. The lowest BCUT2D eigenvalue weighted by molar-refractivity contribution is 0.176. The molecule has 0 saturated heterocycles. The SMILES string of the molecule is Cc1cc(C(O)Cc2ccoc2)c(C)nn1. The van der Waals surface area contributed by atoms with E-state index in [2.05, 4.69) is 10.2 Å². The molecule has 0 spiro atoms. The van der Waals surface area contributed by atoms with Crippen molar-refractivity contribution in [3.8, 4) is 0 Å². The Balaban J connectivity index is 2.20. The Hall–Kier alpha value is -1.68. The highest BCUT2D eigenvalue weighted by Crippen LogP contribution is 2.20. The van der Waals surface area contributed by atoms with Crippen LogP contribution in [0.5, 0.6) is 0 Å². The minimum atomic E-state index is -0.563. The normalized spacial score (nSPS) is 12.7. The Kier molecular flexibility index (Phi) is 3.01. The van der Waals surface area contributed by atoms with E-state index in [0.29, 0.717) is 6.42 Å². The summed E-state index contributed by atoms with van der Waals surface area (Å²) >= 11 is 0. The summed E-state index contributed by atoms with van der Waals surface area (Å²) < 4.78 is 4.97. The lowest BCUT2D eigenvalue weighted by Gasteiger charge is -2.11. The van der Waals surface area contributed by atoms with Gasteiger partial charge >= 0.3 is 0 Å². The number of aromatic nitrogens is 2. The number of aliphatic hydroxyl groups is 1. The molecule has 0 aliphatic carbocycles. The van der Waals surface area contributed by atoms with E-state index in [1.165, 1.54) is 0 Å². The van der Waals surface area contributed by atoms with Crippen molar-refractivity contribution >= 4 is 0 Å². The smallest absolute Gasteiger partial charge is 0.0935 e. The van der Waals surface area contributed by atoms with Gasteiger partial charge < -0.3 is 9.52 Å². The summed E-state index contributed by atoms with van der Waals surface area (Å²) in [5, 5.41) is 18.0. The maximum Gasteiger partial charge on any atom is 0.0935 e. The molecule has 0 aliphatic rings. The van der Waals surface area contributed by atoms with Crippen molar-refractivity contribution in [2.45, 2.75) is 26.4 Å². The molecule has 0 fully saturated rings. The molecule has 1 N–H and O–H groups in total. The van der Waals surface area contributed by atoms with Crippen LogP contribution in [-0.4, -0.2) is 15.3 Å². The quantitative estimate of drug-likeness (QED) is 0.855. The molecule has 0 amide bonds. The van der Waals surface area contributed by atoms with Gasteiger partial charge in [-0.1, -0.05) is 0 Å². The Bertz CT molecular complexity index is 466. The standard InChI is InChI=1S/C12H14N2O2/c1-8-5-11(9(2)14-13-8)12(15)6-10-3-4-16-7-10/h3-5,7,12,15H,6H2,1-2H3. The molecule has 4 nitrogen and oxygen atoms in total. The number of aryl methyl sites for hydroxylation is 2. The van der Waals surface area contributed by atoms with E-state index >= 15 is 0 Å². The van der Waals surface area contributed by atoms with Crippen LogP contribution < -0.4 is 0 Å². The maximum atomic E-state index is 10.1. The van der Waals surface area contributed by atoms with Crippen molar-refractivity contribution < 1.29 is 9.52 Å². The third-order valence-electron chi connectivity index (χ3n) is 2.51. The zero-order valence-electron chi connectivity index (χ0n) is 9.34. The fourth-order valence-electron chi connectivity index (χ4n) is 1.65. The van der Waals surface area contributed by atoms with E-state index in [0.717, 1.165) is 22.5 Å². The minimum absolute atomic E-state index is 0.530. The highest BCUT2D eigenvalue weighted by molar-refractivity contribution is 5.24. The molecule has 0 aliphatic heterocycles. The number of nitrogens with zero attached hydrogens (tertiary/aromatic N) is 2. The van der Waals surface area contributed by atoms with Crippen LogP contribution in [0, 0.1) is 13.8 Å². The van der Waals surface area contributed by atoms with Crippen molar-refractivity contribution in [3.63, 3.8) is 0 Å². The van der Waals surface area contributed by atoms with Crippen molar-refractivity contribution in [1.29, 1.82) is 0 Å². The molecular weight excluding hydrogens is 204 g/mol. The van der Waals surface area contributed by atoms with Gasteiger partial charge in [-0.05, 0) is 31.5 Å². The van der Waals surface area contributed by atoms with E-state index in [1.54, 1.807) is 12.5 Å². The summed E-state index contributed by atoms with van der Waals surface area (Å²) in [5.74, 6) is 0. The average molecular weight is 218 g/mol. The second-order valence-corrected chi connectivity index (χ2v) is 3.88. The summed E-state index contributed by atoms with van der Waals surface area (Å²) in [6.45, 7) is 3.71. The van der Waals surface area contributed by atoms with Gasteiger partial charge in [-0.2, -0.15) is 10.2 Å². The van der Waals surface area contributed by atoms with Crippen LogP contribution in [0.1, 0.15) is 28.6 Å². The van der Waals surface area contributed by atoms with Gasteiger partial charge in [-0.3, -0.25) is 0 Å². The van der Waals surface area contributed by atoms with Crippen LogP contribution in [-0.2, 0) is 6.42 Å². The Morgan fingerprint density at radius 1 is 1.38 bits per heavy atom. The summed E-state index contributed by atoms with van der Waals surface area (Å²) in [4.78, 5) is 0. The summed E-state index contributed by atoms with van der Waals surface area (Å²) in [6, 6.07) is 3.72. The molecule has 4 heteroatoms. The summed E-state index contributed by atoms with van der Waals surface area (Å²) in [7, 11) is 0. The van der Waals surface area contributed by atoms with Crippen LogP contribution >= 0.6 is 0 Å². The lowest BCUT2D eigenvalue weighted by Crippen LogP contribution is -2.06. The van der Waals surface area contributed by atoms with E-state index in [-0.39, 0.29) is 0 Å². The van der Waals surface area contributed by atoms with Crippen LogP contribution in [0.2, 0.25) is 0 Å². The fraction of sp³-hybridized carbons (Fsp3) is 0.333. The molecule has 0 saturated carbocycles. The predicted octanol–water partition coefficient (Wildman–Crippen LogP) is 1.96. The third-order valence-corrected chi connectivity index (χ3v) is 2.51. The lowest BCUT2D eigenvalue weighted by atomic mass is 10.0. The van der Waals surface area contributed by atoms with Crippen LogP contribution in [0.3, 0.4) is 0 Å². The fourth-order valence-corrected chi connectivity index (χ4v) is 1.65. The molecule has 1 atom stereocenters. The maximum absolute atomic E-state index is 10.1. The predicted molar refractivity (Wildman–Crippen MR) is 58.9 cm³/mol. The number of aliphatic hydroxyl groups excluding tert-OH is 1. The Labute approximate surface area is 93.9 Å². The first-order valence-corrected chi connectivity index (χ1v) is 5.17. The number of furan rings is 1. The highest BCUT2D eigenvalue weighted by Gasteiger charge is 2.13. The summed E-state index contributed by atoms with van der Waals surface area (Å²) in [6.07, 6.45) is 3.21. The number of hydrogen-bond acceptors (Lipinski definition) is 4. The molecule has 2 aromatic rings. The molecule has 16 heavy (non-hydrogen) atoms. The van der Waals surface area contributed by atoms with E-state index in [4.69, 9.17) is 4.42 Å². The van der Waals surface area contributed by atoms with Crippen molar-refractivity contribution in [1.82, 2.24) is 10.2 Å². The molecular formula is C12H14N2O2. The molecule has 2 aromatic heterocycles. The van der Waals surface area contributed by atoms with Gasteiger partial charge in [0.05, 0.1) is 30.0 Å². The second-order valence-electron chi connectivity index (χ2n) is 3.88. The monoisotopic (exact) mass is 218 g/mol. The molecule has 0 radical (unpaired) electrons. The van der Waals surface area contributed by atoms with Gasteiger partial charge in [0.1, 0.15) is 0 Å². The van der Waals surface area contributed by atoms with Gasteiger partial charge in [-0.15, -0.1) is 0 Å². The van der Waals surface area contributed by atoms with Crippen LogP contribution in [0.25, 0.3) is 0 Å². The third kappa shape index (κ3) is 2.28. The average Bonchev–Trinajstić information content (AvgIpc) is 2.74. The topological polar surface area (TPSA) is 59.2 Å². The Morgan fingerprint density at radius 2 is 2.19 bits per heavy atom. The zero-order chi connectivity index (χ0) is 11.5. The van der Waals surface area contributed by atoms with Gasteiger partial charge in [0.15, 0.2) is 0 Å². The van der Waals surface area contributed by atoms with Gasteiger partial charge in [0, 0.05) is 12.0 Å². The molecule has 0 bridgehead atoms. The van der Waals surface area contributed by atoms with Crippen molar-refractivity contribution in [2.24, 2.45) is 0 Å². The Morgan fingerprint density at radius 3 is 2.88 bits per heavy atom. The first-order valence-electron chi connectivity index (χ1n) is 5.17. The van der Waals surface area contributed by atoms with Crippen molar-refractivity contribution in [2.75, 3.05) is 0 Å². The van der Waals surface area contributed by atoms with Crippen LogP contribution in [0.15, 0.2) is 29.1 Å². The molecule has 1 unspecified atom stereocenters. The van der Waals surface area contributed by atoms with Gasteiger partial charge in [0.2, 0.25) is 0 Å². The van der Waals surface area contributed by atoms with Gasteiger partial charge in [-0.25, -0.2) is 0 Å². The largest absolute Gasteiger partial charge is 0.472 e. The molecule has 0 aromatic carbocycles. The van der Waals surface area contributed by atoms with E-state index in [1.807, 2.05) is 26.0 Å². The molecule has 2 heterocycles. The molecule has 84 valence electrons. The van der Waals surface area contributed by atoms with E-state index in [9.17, 15) is 5.11 Å². The number of rotatable bonds is 3. The summed E-state index contributed by atoms with van der Waals surface area (Å²) in [5.41, 5.74) is 3.38. The highest BCUT2D eigenvalue weighted by atomic mass is 16.3. The number of hydrogen-bond donors (Lipinski definition) is 1. The van der Waals surface area contributed by atoms with Crippen LogP contribution in [0.4, 0.5) is 0 Å². The van der Waals surface area contributed by atoms with Crippen molar-refractivity contribution in [3.05, 3.63) is 47.2 Å². The molecule has 2 rings (SSSR count). The second kappa shape index (κ2) is 4.45. The minimum Gasteiger partial charge on any atom is -0.472 e.